The second-order valence-electron chi connectivity index (χ2n) is 1.75. The second-order valence-corrected chi connectivity index (χ2v) is 2.66. The van der Waals surface area contributed by atoms with Crippen molar-refractivity contribution in [2.45, 2.75) is 27.7 Å². The zero-order valence-electron chi connectivity index (χ0n) is 9.53. The first-order valence-electron chi connectivity index (χ1n) is 4.60. The van der Waals surface area contributed by atoms with Gasteiger partial charge in [-0.25, -0.2) is 0 Å². The minimum atomic E-state index is -1.15. The van der Waals surface area contributed by atoms with E-state index in [4.69, 9.17) is 10.8 Å². The fourth-order valence-corrected chi connectivity index (χ4v) is 1.08. The molecule has 1 atom stereocenters. The van der Waals surface area contributed by atoms with Crippen molar-refractivity contribution in [3.63, 3.8) is 0 Å². The minimum absolute atomic E-state index is 0.241. The molecule has 1 amide bonds. The highest BCUT2D eigenvalue weighted by atomic mass is 32.2. The topological polar surface area (TPSA) is 80.4 Å². The Labute approximate surface area is 90.3 Å². The van der Waals surface area contributed by atoms with Crippen LogP contribution < -0.4 is 5.73 Å². The van der Waals surface area contributed by atoms with Crippen molar-refractivity contribution in [3.8, 4) is 0 Å². The van der Waals surface area contributed by atoms with Gasteiger partial charge >= 0.3 is 5.97 Å². The summed E-state index contributed by atoms with van der Waals surface area (Å²) in [6, 6.07) is 0. The van der Waals surface area contributed by atoms with Crippen LogP contribution in [0.3, 0.4) is 0 Å². The summed E-state index contributed by atoms with van der Waals surface area (Å²) in [4.78, 5) is 20.6. The Hall–Kier alpha value is -0.710. The molecule has 3 N–H and O–H groups in total. The van der Waals surface area contributed by atoms with Crippen molar-refractivity contribution in [1.82, 2.24) is 0 Å². The average Bonchev–Trinajstić information content (AvgIpc) is 2.19. The molecule has 1 unspecified atom stereocenters. The Morgan fingerprint density at radius 3 is 1.71 bits per heavy atom. The van der Waals surface area contributed by atoms with E-state index in [1.54, 1.807) is 6.26 Å². The Morgan fingerprint density at radius 2 is 1.64 bits per heavy atom. The zero-order valence-corrected chi connectivity index (χ0v) is 10.4. The van der Waals surface area contributed by atoms with Crippen molar-refractivity contribution in [2.24, 2.45) is 11.7 Å². The van der Waals surface area contributed by atoms with Gasteiger partial charge in [0, 0.05) is 5.75 Å². The Balaban J connectivity index is -0.000000266. The van der Waals surface area contributed by atoms with Gasteiger partial charge in [-0.1, -0.05) is 27.7 Å². The zero-order chi connectivity index (χ0) is 12.1. The van der Waals surface area contributed by atoms with Gasteiger partial charge < -0.3 is 10.8 Å². The van der Waals surface area contributed by atoms with Crippen LogP contribution in [-0.4, -0.2) is 29.0 Å². The van der Waals surface area contributed by atoms with Crippen LogP contribution >= 0.6 is 11.8 Å². The maximum atomic E-state index is 10.4. The molecule has 4 nitrogen and oxygen atoms in total. The smallest absolute Gasteiger partial charge is 0.316 e. The number of hydrogen-bond donors (Lipinski definition) is 2. The van der Waals surface area contributed by atoms with Crippen molar-refractivity contribution < 1.29 is 14.7 Å². The third kappa shape index (κ3) is 11.3. The van der Waals surface area contributed by atoms with E-state index < -0.39 is 17.8 Å². The van der Waals surface area contributed by atoms with Crippen molar-refractivity contribution in [2.75, 3.05) is 12.0 Å². The highest BCUT2D eigenvalue weighted by molar-refractivity contribution is 7.98. The lowest BCUT2D eigenvalue weighted by Gasteiger charge is -2.03. The monoisotopic (exact) mass is 223 g/mol. The van der Waals surface area contributed by atoms with E-state index in [2.05, 4.69) is 0 Å². The molecule has 0 fully saturated rings. The molecule has 0 rings (SSSR count). The summed E-state index contributed by atoms with van der Waals surface area (Å²) in [6.07, 6.45) is 1.72. The van der Waals surface area contributed by atoms with Gasteiger partial charge in [0.2, 0.25) is 5.91 Å². The fraction of sp³-hybridized carbons (Fsp3) is 0.778. The van der Waals surface area contributed by atoms with Crippen LogP contribution in [0, 0.1) is 5.92 Å². The minimum Gasteiger partial charge on any atom is -0.481 e. The summed E-state index contributed by atoms with van der Waals surface area (Å²) in [5, 5.41) is 8.36. The van der Waals surface area contributed by atoms with Crippen molar-refractivity contribution >= 4 is 23.6 Å². The van der Waals surface area contributed by atoms with Crippen molar-refractivity contribution in [1.29, 1.82) is 0 Å². The number of primary amides is 1. The lowest BCUT2D eigenvalue weighted by atomic mass is 10.2. The molecule has 0 aliphatic heterocycles. The Kier molecular flexibility index (Phi) is 20.0. The summed E-state index contributed by atoms with van der Waals surface area (Å²) in [6.45, 7) is 8.00. The van der Waals surface area contributed by atoms with Crippen molar-refractivity contribution in [3.05, 3.63) is 0 Å². The first kappa shape index (κ1) is 19.0. The van der Waals surface area contributed by atoms with E-state index in [1.165, 1.54) is 11.8 Å². The summed E-state index contributed by atoms with van der Waals surface area (Å²) >= 11 is 1.28. The van der Waals surface area contributed by atoms with E-state index >= 15 is 0 Å². The van der Waals surface area contributed by atoms with Gasteiger partial charge in [-0.15, -0.1) is 0 Å². The second kappa shape index (κ2) is 14.8. The van der Waals surface area contributed by atoms with Crippen LogP contribution in [0.5, 0.6) is 0 Å². The Bertz CT molecular complexity index is 137. The molecule has 0 spiro atoms. The van der Waals surface area contributed by atoms with E-state index in [0.29, 0.717) is 0 Å². The van der Waals surface area contributed by atoms with Crippen LogP contribution in [0.25, 0.3) is 0 Å². The quantitative estimate of drug-likeness (QED) is 0.709. The normalized spacial score (nSPS) is 9.79. The van der Waals surface area contributed by atoms with E-state index in [0.717, 1.165) is 0 Å². The molecule has 0 radical (unpaired) electrons. The largest absolute Gasteiger partial charge is 0.481 e. The number of amides is 1. The molecule has 0 bridgehead atoms. The van der Waals surface area contributed by atoms with E-state index in [1.807, 2.05) is 27.7 Å². The highest BCUT2D eigenvalue weighted by Gasteiger charge is 2.22. The molecule has 0 saturated heterocycles. The number of carbonyl (C=O) groups is 2. The maximum Gasteiger partial charge on any atom is 0.316 e. The SMILES string of the molecule is CC.CC.CSCC(C(N)=O)C(=O)O. The number of carboxylic acid groups (broad SMARTS) is 1. The van der Waals surface area contributed by atoms with Gasteiger partial charge in [0.25, 0.3) is 0 Å². The number of nitrogens with two attached hydrogens (primary N) is 1. The summed E-state index contributed by atoms with van der Waals surface area (Å²) in [5.74, 6) is -2.73. The standard InChI is InChI=1S/C5H9NO3S.2C2H6/c1-10-2-3(4(6)7)5(8)9;2*1-2/h3H,2H2,1H3,(H2,6,7)(H,8,9);2*1-2H3. The Morgan fingerprint density at radius 1 is 1.29 bits per heavy atom. The molecular weight excluding hydrogens is 202 g/mol. The summed E-state index contributed by atoms with van der Waals surface area (Å²) in [5.41, 5.74) is 4.79. The first-order chi connectivity index (χ1) is 6.59. The molecule has 0 aliphatic carbocycles. The molecular formula is C9H21NO3S. The number of carboxylic acids is 1. The van der Waals surface area contributed by atoms with Crippen LogP contribution in [0.4, 0.5) is 0 Å². The average molecular weight is 223 g/mol. The molecule has 14 heavy (non-hydrogen) atoms. The molecule has 0 aromatic carbocycles. The number of hydrogen-bond acceptors (Lipinski definition) is 3. The van der Waals surface area contributed by atoms with Gasteiger partial charge in [0.1, 0.15) is 5.92 Å². The fourth-order valence-electron chi connectivity index (χ4n) is 0.442. The van der Waals surface area contributed by atoms with Crippen LogP contribution in [0.2, 0.25) is 0 Å². The van der Waals surface area contributed by atoms with Gasteiger partial charge in [-0.2, -0.15) is 11.8 Å². The highest BCUT2D eigenvalue weighted by Crippen LogP contribution is 2.04. The third-order valence-electron chi connectivity index (χ3n) is 0.975. The summed E-state index contributed by atoms with van der Waals surface area (Å²) in [7, 11) is 0. The molecule has 0 aromatic rings. The lowest BCUT2D eigenvalue weighted by Crippen LogP contribution is -2.31. The third-order valence-corrected chi connectivity index (χ3v) is 1.64. The van der Waals surface area contributed by atoms with Gasteiger partial charge in [0.05, 0.1) is 0 Å². The number of aliphatic carboxylic acids is 1. The van der Waals surface area contributed by atoms with Crippen LogP contribution in [0.1, 0.15) is 27.7 Å². The van der Waals surface area contributed by atoms with E-state index in [-0.39, 0.29) is 5.75 Å². The molecule has 0 aliphatic rings. The number of thioether (sulfide) groups is 1. The number of carbonyl (C=O) groups excluding carboxylic acids is 1. The van der Waals surface area contributed by atoms with Gasteiger partial charge in [-0.3, -0.25) is 9.59 Å². The van der Waals surface area contributed by atoms with Crippen LogP contribution in [-0.2, 0) is 9.59 Å². The van der Waals surface area contributed by atoms with Gasteiger partial charge in [-0.05, 0) is 6.26 Å². The predicted molar refractivity (Wildman–Crippen MR) is 61.4 cm³/mol. The molecule has 86 valence electrons. The summed E-state index contributed by atoms with van der Waals surface area (Å²) < 4.78 is 0. The van der Waals surface area contributed by atoms with Crippen LogP contribution in [0.15, 0.2) is 0 Å². The first-order valence-corrected chi connectivity index (χ1v) is 6.00. The lowest BCUT2D eigenvalue weighted by molar-refractivity contribution is -0.144. The molecule has 0 aromatic heterocycles. The molecule has 0 heterocycles. The number of rotatable bonds is 4. The van der Waals surface area contributed by atoms with Gasteiger partial charge in [0.15, 0.2) is 0 Å². The molecule has 0 saturated carbocycles. The van der Waals surface area contributed by atoms with E-state index in [9.17, 15) is 9.59 Å². The maximum absolute atomic E-state index is 10.4. The molecule has 5 heteroatoms. The predicted octanol–water partition coefficient (Wildman–Crippen LogP) is 1.59.